The number of alkyl halides is 2. The molecule has 11 nitrogen and oxygen atoms in total. The third-order valence-electron chi connectivity index (χ3n) is 7.07. The summed E-state index contributed by atoms with van der Waals surface area (Å²) < 4.78 is 58.6. The molecular weight excluding hydrogens is 505 g/mol. The fraction of sp³-hybridized carbons (Fsp3) is 0.417. The number of piperidine rings is 1. The zero-order chi connectivity index (χ0) is 26.6. The molecule has 4 aromatic heterocycles. The molecule has 2 aliphatic rings. The number of amides is 1. The number of halogens is 3. The Balaban J connectivity index is 1.35. The molecule has 2 saturated heterocycles. The van der Waals surface area contributed by atoms with Crippen LogP contribution in [0.5, 0.6) is 5.88 Å². The molecule has 2 aliphatic heterocycles. The number of imidazole rings is 1. The lowest BCUT2D eigenvalue weighted by molar-refractivity contribution is -0.131. The van der Waals surface area contributed by atoms with E-state index in [1.165, 1.54) is 24.9 Å². The van der Waals surface area contributed by atoms with Crippen molar-refractivity contribution in [1.82, 2.24) is 34.2 Å². The van der Waals surface area contributed by atoms with Crippen molar-refractivity contribution in [2.75, 3.05) is 45.8 Å². The minimum absolute atomic E-state index is 0.00558. The van der Waals surface area contributed by atoms with Gasteiger partial charge in [0.1, 0.15) is 16.9 Å². The van der Waals surface area contributed by atoms with Gasteiger partial charge in [-0.05, 0) is 18.6 Å². The quantitative estimate of drug-likeness (QED) is 0.390. The third kappa shape index (κ3) is 4.00. The first-order valence-corrected chi connectivity index (χ1v) is 12.1. The Morgan fingerprint density at radius 3 is 2.76 bits per heavy atom. The molecule has 0 aromatic carbocycles. The molecule has 0 radical (unpaired) electrons. The number of methoxy groups -OCH3 is 1. The first-order valence-electron chi connectivity index (χ1n) is 12.1. The summed E-state index contributed by atoms with van der Waals surface area (Å²) in [7, 11) is 2.86. The summed E-state index contributed by atoms with van der Waals surface area (Å²) in [6, 6.07) is 2.12. The lowest BCUT2D eigenvalue weighted by atomic mass is 9.98. The van der Waals surface area contributed by atoms with E-state index in [2.05, 4.69) is 25.7 Å². The Labute approximate surface area is 214 Å². The molecule has 2 N–H and O–H groups in total. The van der Waals surface area contributed by atoms with Crippen molar-refractivity contribution in [2.24, 2.45) is 0 Å². The minimum Gasteiger partial charge on any atom is -0.479 e. The second-order valence-corrected chi connectivity index (χ2v) is 9.37. The van der Waals surface area contributed by atoms with Gasteiger partial charge in [-0.2, -0.15) is 4.98 Å². The Bertz CT molecular complexity index is 1530. The van der Waals surface area contributed by atoms with Crippen LogP contribution in [-0.4, -0.2) is 93.3 Å². The summed E-state index contributed by atoms with van der Waals surface area (Å²) in [5.74, 6) is -4.11. The van der Waals surface area contributed by atoms with Gasteiger partial charge in [0.2, 0.25) is 11.8 Å². The Kier molecular flexibility index (Phi) is 5.87. The van der Waals surface area contributed by atoms with Crippen molar-refractivity contribution in [3.05, 3.63) is 42.2 Å². The molecule has 200 valence electrons. The van der Waals surface area contributed by atoms with E-state index in [-0.39, 0.29) is 47.0 Å². The van der Waals surface area contributed by atoms with Gasteiger partial charge >= 0.3 is 0 Å². The fourth-order valence-corrected chi connectivity index (χ4v) is 4.97. The molecular formula is C24H25F3N8O3. The second kappa shape index (κ2) is 9.13. The topological polar surface area (TPSA) is 110 Å². The van der Waals surface area contributed by atoms with Gasteiger partial charge in [0.05, 0.1) is 56.9 Å². The predicted molar refractivity (Wildman–Crippen MR) is 130 cm³/mol. The minimum atomic E-state index is -3.03. The summed E-state index contributed by atoms with van der Waals surface area (Å²) in [5.41, 5.74) is 1.54. The highest BCUT2D eigenvalue weighted by molar-refractivity contribution is 5.93. The van der Waals surface area contributed by atoms with Crippen LogP contribution in [-0.2, 0) is 4.74 Å². The number of rotatable bonds is 6. The molecule has 38 heavy (non-hydrogen) atoms. The number of pyridine rings is 1. The Morgan fingerprint density at radius 1 is 1.26 bits per heavy atom. The second-order valence-electron chi connectivity index (χ2n) is 9.37. The molecule has 0 saturated carbocycles. The van der Waals surface area contributed by atoms with Crippen molar-refractivity contribution in [3.63, 3.8) is 0 Å². The normalized spacial score (nSPS) is 20.0. The zero-order valence-electron chi connectivity index (χ0n) is 20.6. The number of fused-ring (bicyclic) bond motifs is 2. The summed E-state index contributed by atoms with van der Waals surface area (Å²) in [5, 5.41) is 9.55. The van der Waals surface area contributed by atoms with Crippen molar-refractivity contribution in [3.8, 4) is 17.0 Å². The maximum Gasteiger partial charge on any atom is 0.280 e. The number of nitrogens with zero attached hydrogens (tertiary/aromatic N) is 6. The highest BCUT2D eigenvalue weighted by Gasteiger charge is 2.47. The number of ether oxygens (including phenoxy) is 2. The third-order valence-corrected chi connectivity index (χ3v) is 7.07. The van der Waals surface area contributed by atoms with Crippen LogP contribution in [0.3, 0.4) is 0 Å². The maximum absolute atomic E-state index is 15.3. The van der Waals surface area contributed by atoms with Crippen molar-refractivity contribution >= 4 is 23.0 Å². The summed E-state index contributed by atoms with van der Waals surface area (Å²) in [4.78, 5) is 22.5. The maximum atomic E-state index is 15.3. The van der Waals surface area contributed by atoms with Crippen LogP contribution in [0.1, 0.15) is 16.9 Å². The van der Waals surface area contributed by atoms with Crippen molar-refractivity contribution < 1.29 is 27.4 Å². The van der Waals surface area contributed by atoms with Crippen LogP contribution in [0.2, 0.25) is 0 Å². The van der Waals surface area contributed by atoms with Gasteiger partial charge in [-0.3, -0.25) is 14.1 Å². The lowest BCUT2D eigenvalue weighted by Gasteiger charge is -2.44. The number of carbonyl (C=O) groups is 1. The van der Waals surface area contributed by atoms with E-state index in [0.29, 0.717) is 31.0 Å². The van der Waals surface area contributed by atoms with Gasteiger partial charge in [0.15, 0.2) is 5.82 Å². The molecule has 1 atom stereocenters. The lowest BCUT2D eigenvalue weighted by Crippen LogP contribution is -2.61. The molecule has 14 heteroatoms. The van der Waals surface area contributed by atoms with E-state index in [9.17, 15) is 13.6 Å². The number of hydrogen-bond acceptors (Lipinski definition) is 8. The number of aromatic nitrogens is 5. The van der Waals surface area contributed by atoms with E-state index in [4.69, 9.17) is 9.47 Å². The van der Waals surface area contributed by atoms with Crippen LogP contribution >= 0.6 is 0 Å². The van der Waals surface area contributed by atoms with Crippen molar-refractivity contribution in [2.45, 2.75) is 24.4 Å². The molecule has 6 rings (SSSR count). The van der Waals surface area contributed by atoms with Crippen LogP contribution < -0.4 is 15.4 Å². The SMILES string of the molecule is CNC(=O)c1cnc2ccc(-c3c(F)cn4nc(N[C@@H]5CCN(C6COC6)CC5(F)F)nc(OC)c34)cn12. The van der Waals surface area contributed by atoms with Gasteiger partial charge in [-0.15, -0.1) is 5.10 Å². The van der Waals surface area contributed by atoms with Gasteiger partial charge in [0.25, 0.3) is 11.8 Å². The molecule has 2 fully saturated rings. The first kappa shape index (κ1) is 24.4. The number of anilines is 1. The summed E-state index contributed by atoms with van der Waals surface area (Å²) in [6.45, 7) is 1.02. The van der Waals surface area contributed by atoms with E-state index in [1.54, 1.807) is 27.6 Å². The van der Waals surface area contributed by atoms with Gasteiger partial charge < -0.3 is 20.1 Å². The predicted octanol–water partition coefficient (Wildman–Crippen LogP) is 2.07. The molecule has 0 spiro atoms. The van der Waals surface area contributed by atoms with Gasteiger partial charge in [-0.1, -0.05) is 0 Å². The smallest absolute Gasteiger partial charge is 0.280 e. The molecule has 4 aromatic rings. The fourth-order valence-electron chi connectivity index (χ4n) is 4.97. The zero-order valence-corrected chi connectivity index (χ0v) is 20.6. The van der Waals surface area contributed by atoms with Crippen LogP contribution in [0.4, 0.5) is 19.1 Å². The van der Waals surface area contributed by atoms with E-state index in [0.717, 1.165) is 6.20 Å². The van der Waals surface area contributed by atoms with E-state index in [1.807, 2.05) is 0 Å². The van der Waals surface area contributed by atoms with Gasteiger partial charge in [0, 0.05) is 25.4 Å². The molecule has 0 aliphatic carbocycles. The Morgan fingerprint density at radius 2 is 2.08 bits per heavy atom. The number of likely N-dealkylation sites (tertiary alicyclic amines) is 1. The van der Waals surface area contributed by atoms with Crippen LogP contribution in [0.15, 0.2) is 30.7 Å². The standard InChI is InChI=1S/C24H25F3N8O3/c1-28-21(36)16-7-29-18-4-3-13(8-34(16)18)19-15(25)9-35-20(19)22(37-2)31-23(32-35)30-17-5-6-33(12-24(17,26)27)14-10-38-11-14/h3-4,7-9,14,17H,5-6,10-12H2,1-2H3,(H,28,36)(H,30,32)/t17-/m1/s1. The van der Waals surface area contributed by atoms with Gasteiger partial charge in [-0.25, -0.2) is 22.7 Å². The molecule has 0 bridgehead atoms. The highest BCUT2D eigenvalue weighted by atomic mass is 19.3. The number of hydrogen-bond donors (Lipinski definition) is 2. The van der Waals surface area contributed by atoms with E-state index < -0.39 is 24.3 Å². The average molecular weight is 531 g/mol. The Hall–Kier alpha value is -3.91. The molecule has 0 unspecified atom stereocenters. The van der Waals surface area contributed by atoms with Crippen LogP contribution in [0.25, 0.3) is 22.3 Å². The molecule has 1 amide bonds. The van der Waals surface area contributed by atoms with Crippen LogP contribution in [0, 0.1) is 5.82 Å². The number of carbonyl (C=O) groups excluding carboxylic acids is 1. The molecule has 6 heterocycles. The summed E-state index contributed by atoms with van der Waals surface area (Å²) in [6.07, 6.45) is 4.32. The highest BCUT2D eigenvalue weighted by Crippen LogP contribution is 2.36. The summed E-state index contributed by atoms with van der Waals surface area (Å²) >= 11 is 0. The van der Waals surface area contributed by atoms with E-state index >= 15 is 4.39 Å². The van der Waals surface area contributed by atoms with Crippen molar-refractivity contribution in [1.29, 1.82) is 0 Å². The monoisotopic (exact) mass is 530 g/mol. The average Bonchev–Trinajstić information content (AvgIpc) is 3.43. The first-order chi connectivity index (χ1) is 18.3. The largest absolute Gasteiger partial charge is 0.479 e. The number of nitrogens with one attached hydrogen (secondary N) is 2.